The van der Waals surface area contributed by atoms with Gasteiger partial charge in [-0.25, -0.2) is 27.3 Å². The molecule has 5 fully saturated rings. The zero-order valence-corrected chi connectivity index (χ0v) is 19.9. The van der Waals surface area contributed by atoms with Gasteiger partial charge in [-0.2, -0.15) is 0 Å². The number of fused-ring (bicyclic) bond motifs is 1. The van der Waals surface area contributed by atoms with E-state index in [2.05, 4.69) is 10.1 Å². The lowest BCUT2D eigenvalue weighted by atomic mass is 9.80. The number of amides is 3. The fourth-order valence-electron chi connectivity index (χ4n) is 5.66. The number of hydrogen-bond donors (Lipinski definition) is 2. The number of imide groups is 1. The third kappa shape index (κ3) is 4.52. The molecule has 3 amide bonds. The standard InChI is InChI=1S/C21H34FN5O5S/c1-25-8-14(7-23-25)9-27-19(28)17-6-16(33(30,31)24-21(13-22)4-5-21)2-3-18(17)26(20(27)29)10-15-11-32-12-15/h14-18,23-24H,2-13H2,1H3. The zero-order valence-electron chi connectivity index (χ0n) is 19.0. The molecule has 2 saturated carbocycles. The summed E-state index contributed by atoms with van der Waals surface area (Å²) in [6.45, 7) is 2.73. The van der Waals surface area contributed by atoms with Gasteiger partial charge < -0.3 is 9.64 Å². The van der Waals surface area contributed by atoms with Crippen LogP contribution in [0.25, 0.3) is 0 Å². The van der Waals surface area contributed by atoms with E-state index in [1.165, 1.54) is 4.90 Å². The van der Waals surface area contributed by atoms with Crippen LogP contribution in [0.2, 0.25) is 0 Å². The molecule has 186 valence electrons. The molecule has 0 aromatic rings. The minimum Gasteiger partial charge on any atom is -0.381 e. The van der Waals surface area contributed by atoms with Gasteiger partial charge in [0.15, 0.2) is 0 Å². The Labute approximate surface area is 194 Å². The van der Waals surface area contributed by atoms with E-state index in [-0.39, 0.29) is 36.2 Å². The highest BCUT2D eigenvalue weighted by atomic mass is 32.2. The number of halogens is 1. The summed E-state index contributed by atoms with van der Waals surface area (Å²) in [7, 11) is -1.84. The second-order valence-electron chi connectivity index (χ2n) is 10.6. The maximum Gasteiger partial charge on any atom is 0.326 e. The van der Waals surface area contributed by atoms with Crippen molar-refractivity contribution in [3.8, 4) is 0 Å². The van der Waals surface area contributed by atoms with Crippen molar-refractivity contribution in [3.63, 3.8) is 0 Å². The normalized spacial score (nSPS) is 35.0. The number of rotatable bonds is 8. The molecule has 2 aliphatic carbocycles. The van der Waals surface area contributed by atoms with Crippen LogP contribution in [-0.2, 0) is 19.6 Å². The van der Waals surface area contributed by atoms with Gasteiger partial charge in [0.2, 0.25) is 15.9 Å². The summed E-state index contributed by atoms with van der Waals surface area (Å²) >= 11 is 0. The van der Waals surface area contributed by atoms with Gasteiger partial charge in [0, 0.05) is 51.1 Å². The molecule has 0 radical (unpaired) electrons. The summed E-state index contributed by atoms with van der Waals surface area (Å²) in [6.07, 6.45) is 1.97. The molecule has 12 heteroatoms. The summed E-state index contributed by atoms with van der Waals surface area (Å²) in [4.78, 5) is 30.1. The molecule has 10 nitrogen and oxygen atoms in total. The van der Waals surface area contributed by atoms with Gasteiger partial charge in [-0.1, -0.05) is 0 Å². The molecule has 5 rings (SSSR count). The monoisotopic (exact) mass is 487 g/mol. The second-order valence-corrected chi connectivity index (χ2v) is 12.5. The Morgan fingerprint density at radius 2 is 1.94 bits per heavy atom. The molecule has 0 bridgehead atoms. The molecular formula is C21H34FN5O5S. The number of nitrogens with zero attached hydrogens (tertiary/aromatic N) is 3. The van der Waals surface area contributed by atoms with E-state index in [0.29, 0.717) is 58.5 Å². The molecule has 4 atom stereocenters. The van der Waals surface area contributed by atoms with Crippen molar-refractivity contribution in [3.05, 3.63) is 0 Å². The van der Waals surface area contributed by atoms with Crippen molar-refractivity contribution in [2.45, 2.75) is 48.9 Å². The first-order valence-corrected chi connectivity index (χ1v) is 13.5. The van der Waals surface area contributed by atoms with Crippen LogP contribution in [-0.4, -0.2) is 105 Å². The molecule has 0 aromatic heterocycles. The summed E-state index contributed by atoms with van der Waals surface area (Å²) in [5.41, 5.74) is 2.25. The SMILES string of the molecule is CN1CC(CN2C(=O)C3CC(S(=O)(=O)NC4(CF)CC4)CCC3N(CC3COC3)C2=O)CN1. The van der Waals surface area contributed by atoms with E-state index < -0.39 is 33.4 Å². The minimum atomic E-state index is -3.76. The quantitative estimate of drug-likeness (QED) is 0.493. The number of hydrogen-bond acceptors (Lipinski definition) is 7. The summed E-state index contributed by atoms with van der Waals surface area (Å²) < 4.78 is 47.3. The van der Waals surface area contributed by atoms with Gasteiger partial charge in [0.05, 0.1) is 29.9 Å². The van der Waals surface area contributed by atoms with Crippen molar-refractivity contribution >= 4 is 22.0 Å². The average Bonchev–Trinajstić information content (AvgIpc) is 3.40. The number of alkyl halides is 1. The number of carbonyl (C=O) groups is 2. The fraction of sp³-hybridized carbons (Fsp3) is 0.905. The van der Waals surface area contributed by atoms with E-state index in [0.717, 1.165) is 6.54 Å². The second kappa shape index (κ2) is 8.71. The minimum absolute atomic E-state index is 0.123. The number of carbonyl (C=O) groups excluding carboxylic acids is 2. The van der Waals surface area contributed by atoms with Crippen LogP contribution in [0.4, 0.5) is 9.18 Å². The Kier molecular flexibility index (Phi) is 6.17. The van der Waals surface area contributed by atoms with Crippen LogP contribution in [0.3, 0.4) is 0 Å². The van der Waals surface area contributed by atoms with Gasteiger partial charge in [0.1, 0.15) is 6.67 Å². The van der Waals surface area contributed by atoms with E-state index in [4.69, 9.17) is 4.74 Å². The molecular weight excluding hydrogens is 453 g/mol. The van der Waals surface area contributed by atoms with Crippen molar-refractivity contribution in [2.75, 3.05) is 53.1 Å². The van der Waals surface area contributed by atoms with Gasteiger partial charge in [-0.3, -0.25) is 15.1 Å². The van der Waals surface area contributed by atoms with Crippen molar-refractivity contribution in [1.82, 2.24) is 25.0 Å². The molecule has 3 saturated heterocycles. The van der Waals surface area contributed by atoms with Crippen LogP contribution in [0.1, 0.15) is 32.1 Å². The number of ether oxygens (including phenoxy) is 1. The molecule has 5 aliphatic rings. The third-order valence-electron chi connectivity index (χ3n) is 7.92. The van der Waals surface area contributed by atoms with Crippen molar-refractivity contribution in [1.29, 1.82) is 0 Å². The molecule has 0 spiro atoms. The van der Waals surface area contributed by atoms with Gasteiger partial charge >= 0.3 is 6.03 Å². The van der Waals surface area contributed by atoms with Crippen LogP contribution in [0.5, 0.6) is 0 Å². The Bertz CT molecular complexity index is 895. The van der Waals surface area contributed by atoms with Crippen molar-refractivity contribution < 1.29 is 27.1 Å². The molecule has 3 aliphatic heterocycles. The van der Waals surface area contributed by atoms with E-state index >= 15 is 0 Å². The lowest BCUT2D eigenvalue weighted by Gasteiger charge is -2.50. The molecule has 2 N–H and O–H groups in total. The first-order chi connectivity index (χ1) is 15.7. The predicted molar refractivity (Wildman–Crippen MR) is 117 cm³/mol. The first-order valence-electron chi connectivity index (χ1n) is 11.9. The smallest absolute Gasteiger partial charge is 0.326 e. The van der Waals surface area contributed by atoms with Crippen LogP contribution in [0.15, 0.2) is 0 Å². The Morgan fingerprint density at radius 3 is 2.52 bits per heavy atom. The Morgan fingerprint density at radius 1 is 1.18 bits per heavy atom. The average molecular weight is 488 g/mol. The first kappa shape index (κ1) is 23.4. The fourth-order valence-corrected chi connectivity index (χ4v) is 7.59. The lowest BCUT2D eigenvalue weighted by Crippen LogP contribution is -2.66. The van der Waals surface area contributed by atoms with Crippen molar-refractivity contribution in [2.24, 2.45) is 17.8 Å². The van der Waals surface area contributed by atoms with Gasteiger partial charge in [-0.15, -0.1) is 0 Å². The van der Waals surface area contributed by atoms with Crippen LogP contribution < -0.4 is 10.1 Å². The summed E-state index contributed by atoms with van der Waals surface area (Å²) in [6, 6.07) is -0.565. The largest absolute Gasteiger partial charge is 0.381 e. The van der Waals surface area contributed by atoms with E-state index in [1.54, 1.807) is 4.90 Å². The van der Waals surface area contributed by atoms with Crippen LogP contribution >= 0.6 is 0 Å². The Hall–Kier alpha value is -1.34. The number of hydrazine groups is 1. The number of urea groups is 1. The predicted octanol–water partition coefficient (Wildman–Crippen LogP) is -0.0780. The van der Waals surface area contributed by atoms with Gasteiger partial charge in [-0.05, 0) is 32.1 Å². The molecule has 0 aromatic carbocycles. The summed E-state index contributed by atoms with van der Waals surface area (Å²) in [5, 5.41) is 1.19. The topological polar surface area (TPSA) is 111 Å². The third-order valence-corrected chi connectivity index (χ3v) is 9.94. The summed E-state index contributed by atoms with van der Waals surface area (Å²) in [5.74, 6) is -0.470. The number of nitrogens with one attached hydrogen (secondary N) is 2. The van der Waals surface area contributed by atoms with Crippen LogP contribution in [0, 0.1) is 17.8 Å². The van der Waals surface area contributed by atoms with E-state index in [9.17, 15) is 22.4 Å². The maximum absolute atomic E-state index is 13.5. The zero-order chi connectivity index (χ0) is 23.4. The highest BCUT2D eigenvalue weighted by molar-refractivity contribution is 7.90. The molecule has 4 unspecified atom stereocenters. The number of sulfonamides is 1. The molecule has 3 heterocycles. The molecule has 33 heavy (non-hydrogen) atoms. The van der Waals surface area contributed by atoms with E-state index in [1.807, 2.05) is 12.1 Å². The maximum atomic E-state index is 13.5. The highest BCUT2D eigenvalue weighted by Gasteiger charge is 2.53. The lowest BCUT2D eigenvalue weighted by molar-refractivity contribution is -0.142. The Balaban J connectivity index is 1.35. The highest BCUT2D eigenvalue weighted by Crippen LogP contribution is 2.41. The van der Waals surface area contributed by atoms with Gasteiger partial charge in [0.25, 0.3) is 0 Å².